The number of benzene rings is 1. The lowest BCUT2D eigenvalue weighted by Crippen LogP contribution is -2.22. The Morgan fingerprint density at radius 2 is 2.00 bits per heavy atom. The van der Waals surface area contributed by atoms with Gasteiger partial charge >= 0.3 is 6.36 Å². The number of ether oxygens (including phenoxy) is 2. The van der Waals surface area contributed by atoms with Crippen molar-refractivity contribution >= 4 is 0 Å². The van der Waals surface area contributed by atoms with Gasteiger partial charge in [-0.15, -0.1) is 13.2 Å². The van der Waals surface area contributed by atoms with Gasteiger partial charge in [0.1, 0.15) is 11.5 Å². The Balaban J connectivity index is 3.04. The number of rotatable bonds is 4. The van der Waals surface area contributed by atoms with Crippen LogP contribution in [0.15, 0.2) is 18.2 Å². The zero-order valence-electron chi connectivity index (χ0n) is 9.12. The standard InChI is InChI=1S/C10H13F3N2O2/c1-16-9-3-2-6(17-10(11,12)13)4-7(9)8(15)5-14/h2-4,8H,5,14-15H2,1H3/t8-/m1/s1. The van der Waals surface area contributed by atoms with E-state index in [0.29, 0.717) is 11.3 Å². The largest absolute Gasteiger partial charge is 0.573 e. The van der Waals surface area contributed by atoms with Crippen molar-refractivity contribution in [2.75, 3.05) is 13.7 Å². The maximum absolute atomic E-state index is 12.0. The van der Waals surface area contributed by atoms with Crippen LogP contribution in [0.5, 0.6) is 11.5 Å². The minimum atomic E-state index is -4.74. The number of halogens is 3. The zero-order valence-corrected chi connectivity index (χ0v) is 9.12. The van der Waals surface area contributed by atoms with Crippen molar-refractivity contribution in [1.82, 2.24) is 0 Å². The molecule has 4 nitrogen and oxygen atoms in total. The second-order valence-corrected chi connectivity index (χ2v) is 3.29. The molecule has 1 atom stereocenters. The van der Waals surface area contributed by atoms with Crippen molar-refractivity contribution in [2.24, 2.45) is 11.5 Å². The predicted octanol–water partition coefficient (Wildman–Crippen LogP) is 1.55. The average Bonchev–Trinajstić information content (AvgIpc) is 2.25. The second-order valence-electron chi connectivity index (χ2n) is 3.29. The maximum Gasteiger partial charge on any atom is 0.573 e. The summed E-state index contributed by atoms with van der Waals surface area (Å²) in [6.07, 6.45) is -4.74. The maximum atomic E-state index is 12.0. The summed E-state index contributed by atoms with van der Waals surface area (Å²) < 4.78 is 44.9. The Bertz CT molecular complexity index is 382. The van der Waals surface area contributed by atoms with Gasteiger partial charge in [0.15, 0.2) is 0 Å². The van der Waals surface area contributed by atoms with Gasteiger partial charge in [-0.05, 0) is 18.2 Å². The van der Waals surface area contributed by atoms with E-state index >= 15 is 0 Å². The van der Waals surface area contributed by atoms with Crippen LogP contribution in [0.4, 0.5) is 13.2 Å². The summed E-state index contributed by atoms with van der Waals surface area (Å²) in [5.74, 6) is 0.0228. The molecule has 0 aliphatic carbocycles. The monoisotopic (exact) mass is 250 g/mol. The van der Waals surface area contributed by atoms with E-state index in [4.69, 9.17) is 16.2 Å². The molecule has 0 aliphatic rings. The van der Waals surface area contributed by atoms with E-state index in [-0.39, 0.29) is 12.3 Å². The molecule has 96 valence electrons. The van der Waals surface area contributed by atoms with Gasteiger partial charge in [0.25, 0.3) is 0 Å². The first-order chi connectivity index (χ1) is 7.87. The van der Waals surface area contributed by atoms with Crippen LogP contribution >= 0.6 is 0 Å². The highest BCUT2D eigenvalue weighted by Crippen LogP contribution is 2.30. The van der Waals surface area contributed by atoms with Gasteiger partial charge < -0.3 is 20.9 Å². The number of methoxy groups -OCH3 is 1. The summed E-state index contributed by atoms with van der Waals surface area (Å²) in [4.78, 5) is 0. The van der Waals surface area contributed by atoms with E-state index < -0.39 is 12.4 Å². The first-order valence-electron chi connectivity index (χ1n) is 4.76. The first kappa shape index (κ1) is 13.6. The quantitative estimate of drug-likeness (QED) is 0.850. The van der Waals surface area contributed by atoms with E-state index in [0.717, 1.165) is 6.07 Å². The van der Waals surface area contributed by atoms with Crippen LogP contribution in [0.3, 0.4) is 0 Å². The second kappa shape index (κ2) is 5.24. The van der Waals surface area contributed by atoms with Crippen molar-refractivity contribution < 1.29 is 22.6 Å². The van der Waals surface area contributed by atoms with Gasteiger partial charge in [0.2, 0.25) is 0 Å². The lowest BCUT2D eigenvalue weighted by atomic mass is 10.1. The van der Waals surface area contributed by atoms with E-state index in [1.165, 1.54) is 19.2 Å². The topological polar surface area (TPSA) is 70.5 Å². The van der Waals surface area contributed by atoms with Gasteiger partial charge in [0.05, 0.1) is 7.11 Å². The van der Waals surface area contributed by atoms with Gasteiger partial charge in [-0.3, -0.25) is 0 Å². The normalized spacial score (nSPS) is 13.3. The molecule has 0 fully saturated rings. The predicted molar refractivity (Wildman–Crippen MR) is 55.7 cm³/mol. The van der Waals surface area contributed by atoms with Gasteiger partial charge in [-0.2, -0.15) is 0 Å². The Labute approximate surface area is 96.3 Å². The van der Waals surface area contributed by atoms with Crippen molar-refractivity contribution in [2.45, 2.75) is 12.4 Å². The summed E-state index contributed by atoms with van der Waals surface area (Å²) in [5, 5.41) is 0. The summed E-state index contributed by atoms with van der Waals surface area (Å²) in [5.41, 5.74) is 11.4. The Hall–Kier alpha value is -1.47. The van der Waals surface area contributed by atoms with Crippen LogP contribution in [0.2, 0.25) is 0 Å². The third kappa shape index (κ3) is 3.79. The molecule has 0 saturated carbocycles. The molecule has 0 aromatic heterocycles. The molecular weight excluding hydrogens is 237 g/mol. The number of nitrogens with two attached hydrogens (primary N) is 2. The molecule has 0 saturated heterocycles. The summed E-state index contributed by atoms with van der Waals surface area (Å²) >= 11 is 0. The number of hydrogen-bond donors (Lipinski definition) is 2. The van der Waals surface area contributed by atoms with Crippen molar-refractivity contribution in [3.8, 4) is 11.5 Å². The molecule has 1 aromatic rings. The molecule has 0 radical (unpaired) electrons. The Morgan fingerprint density at radius 1 is 1.35 bits per heavy atom. The molecule has 0 unspecified atom stereocenters. The smallest absolute Gasteiger partial charge is 0.496 e. The zero-order chi connectivity index (χ0) is 13.1. The summed E-state index contributed by atoms with van der Waals surface area (Å²) in [6.45, 7) is 0.0891. The van der Waals surface area contributed by atoms with Crippen LogP contribution in [0, 0.1) is 0 Å². The van der Waals surface area contributed by atoms with Gasteiger partial charge in [-0.25, -0.2) is 0 Å². The number of hydrogen-bond acceptors (Lipinski definition) is 4. The fraction of sp³-hybridized carbons (Fsp3) is 0.400. The molecule has 0 aliphatic heterocycles. The molecular formula is C10H13F3N2O2. The highest BCUT2D eigenvalue weighted by molar-refractivity contribution is 5.42. The molecule has 17 heavy (non-hydrogen) atoms. The Morgan fingerprint density at radius 3 is 2.47 bits per heavy atom. The van der Waals surface area contributed by atoms with Crippen molar-refractivity contribution in [1.29, 1.82) is 0 Å². The van der Waals surface area contributed by atoms with Gasteiger partial charge in [0, 0.05) is 18.2 Å². The third-order valence-electron chi connectivity index (χ3n) is 2.09. The van der Waals surface area contributed by atoms with E-state index in [9.17, 15) is 13.2 Å². The van der Waals surface area contributed by atoms with E-state index in [2.05, 4.69) is 4.74 Å². The van der Waals surface area contributed by atoms with Crippen molar-refractivity contribution in [3.63, 3.8) is 0 Å². The first-order valence-corrected chi connectivity index (χ1v) is 4.76. The fourth-order valence-corrected chi connectivity index (χ4v) is 1.33. The molecule has 0 amide bonds. The van der Waals surface area contributed by atoms with Crippen molar-refractivity contribution in [3.05, 3.63) is 23.8 Å². The summed E-state index contributed by atoms with van der Waals surface area (Å²) in [7, 11) is 1.40. The highest BCUT2D eigenvalue weighted by Gasteiger charge is 2.31. The molecule has 0 spiro atoms. The van der Waals surface area contributed by atoms with E-state index in [1.807, 2.05) is 0 Å². The van der Waals surface area contributed by atoms with Crippen LogP contribution < -0.4 is 20.9 Å². The minimum absolute atomic E-state index is 0.0891. The lowest BCUT2D eigenvalue weighted by molar-refractivity contribution is -0.274. The van der Waals surface area contributed by atoms with Crippen LogP contribution in [0.25, 0.3) is 0 Å². The molecule has 7 heteroatoms. The minimum Gasteiger partial charge on any atom is -0.496 e. The highest BCUT2D eigenvalue weighted by atomic mass is 19.4. The fourth-order valence-electron chi connectivity index (χ4n) is 1.33. The molecule has 1 rings (SSSR count). The molecule has 0 bridgehead atoms. The van der Waals surface area contributed by atoms with Gasteiger partial charge in [-0.1, -0.05) is 0 Å². The molecule has 4 N–H and O–H groups in total. The van der Waals surface area contributed by atoms with E-state index in [1.54, 1.807) is 0 Å². The summed E-state index contributed by atoms with van der Waals surface area (Å²) in [6, 6.07) is 3.07. The van der Waals surface area contributed by atoms with Crippen LogP contribution in [-0.4, -0.2) is 20.0 Å². The Kier molecular flexibility index (Phi) is 4.19. The average molecular weight is 250 g/mol. The molecule has 0 heterocycles. The SMILES string of the molecule is COc1ccc(OC(F)(F)F)cc1[C@H](N)CN. The van der Waals surface area contributed by atoms with Crippen LogP contribution in [-0.2, 0) is 0 Å². The van der Waals surface area contributed by atoms with Crippen LogP contribution in [0.1, 0.15) is 11.6 Å². The number of alkyl halides is 3. The third-order valence-corrected chi connectivity index (χ3v) is 2.09. The lowest BCUT2D eigenvalue weighted by Gasteiger charge is -2.16. The molecule has 1 aromatic carbocycles.